The number of rotatable bonds is 3. The molecular weight excluding hydrogens is 290 g/mol. The van der Waals surface area contributed by atoms with Gasteiger partial charge in [0.25, 0.3) is 5.91 Å². The Morgan fingerprint density at radius 1 is 1.48 bits per heavy atom. The van der Waals surface area contributed by atoms with Gasteiger partial charge in [0.15, 0.2) is 5.58 Å². The van der Waals surface area contributed by atoms with Crippen molar-refractivity contribution in [3.8, 4) is 0 Å². The van der Waals surface area contributed by atoms with Gasteiger partial charge < -0.3 is 9.73 Å². The second-order valence-electron chi connectivity index (χ2n) is 6.57. The average Bonchev–Trinajstić information content (AvgIpc) is 3.00. The molecule has 2 bridgehead atoms. The van der Waals surface area contributed by atoms with E-state index in [1.54, 1.807) is 24.6 Å². The summed E-state index contributed by atoms with van der Waals surface area (Å²) in [4.78, 5) is 19.4. The maximum absolute atomic E-state index is 12.7. The monoisotopic (exact) mass is 311 g/mol. The third kappa shape index (κ3) is 2.36. The van der Waals surface area contributed by atoms with Gasteiger partial charge in [-0.2, -0.15) is 0 Å². The van der Waals surface area contributed by atoms with E-state index in [-0.39, 0.29) is 11.9 Å². The summed E-state index contributed by atoms with van der Waals surface area (Å²) in [5.74, 6) is 0.481. The largest absolute Gasteiger partial charge is 0.462 e. The number of amides is 1. The minimum atomic E-state index is -0.103. The summed E-state index contributed by atoms with van der Waals surface area (Å²) in [6.45, 7) is 8.28. The zero-order chi connectivity index (χ0) is 16.0. The van der Waals surface area contributed by atoms with Crippen LogP contribution in [-0.2, 0) is 0 Å². The molecular formula is C18H21N3O2. The smallest absolute Gasteiger partial charge is 0.270 e. The Labute approximate surface area is 135 Å². The van der Waals surface area contributed by atoms with E-state index in [2.05, 4.69) is 28.7 Å². The molecule has 3 saturated heterocycles. The first-order valence-corrected chi connectivity index (χ1v) is 8.22. The number of hydrogen-bond donors (Lipinski definition) is 1. The van der Waals surface area contributed by atoms with Gasteiger partial charge in [-0.1, -0.05) is 12.7 Å². The van der Waals surface area contributed by atoms with Crippen LogP contribution in [0.3, 0.4) is 0 Å². The van der Waals surface area contributed by atoms with Crippen LogP contribution in [0.2, 0.25) is 0 Å². The molecule has 2 aromatic rings. The number of nitrogens with one attached hydrogen (secondary N) is 1. The third-order valence-corrected chi connectivity index (χ3v) is 5.42. The summed E-state index contributed by atoms with van der Waals surface area (Å²) in [6, 6.07) is 2.40. The molecule has 2 aromatic heterocycles. The van der Waals surface area contributed by atoms with Gasteiger partial charge in [0.05, 0.1) is 12.5 Å². The fourth-order valence-electron chi connectivity index (χ4n) is 4.01. The second-order valence-corrected chi connectivity index (χ2v) is 6.57. The van der Waals surface area contributed by atoms with E-state index in [1.807, 2.05) is 0 Å². The van der Waals surface area contributed by atoms with E-state index < -0.39 is 0 Å². The van der Waals surface area contributed by atoms with Gasteiger partial charge in [-0.05, 0) is 44.8 Å². The molecule has 5 nitrogen and oxygen atoms in total. The van der Waals surface area contributed by atoms with Crippen LogP contribution in [0.5, 0.6) is 0 Å². The minimum absolute atomic E-state index is 0.103. The van der Waals surface area contributed by atoms with Crippen LogP contribution >= 0.6 is 0 Å². The van der Waals surface area contributed by atoms with Crippen LogP contribution in [-0.4, -0.2) is 41.0 Å². The number of carbonyl (C=O) groups excluding carboxylic acids is 1. The van der Waals surface area contributed by atoms with Crippen molar-refractivity contribution < 1.29 is 9.21 Å². The van der Waals surface area contributed by atoms with E-state index in [0.717, 1.165) is 24.0 Å². The maximum Gasteiger partial charge on any atom is 0.270 e. The highest BCUT2D eigenvalue weighted by Gasteiger charge is 2.40. The van der Waals surface area contributed by atoms with Gasteiger partial charge in [0, 0.05) is 23.0 Å². The molecule has 1 N–H and O–H groups in total. The molecule has 5 heteroatoms. The molecule has 3 aliphatic rings. The highest BCUT2D eigenvalue weighted by atomic mass is 16.3. The molecule has 5 rings (SSSR count). The number of carbonyl (C=O) groups is 1. The molecule has 0 radical (unpaired) electrons. The van der Waals surface area contributed by atoms with Gasteiger partial charge in [-0.25, -0.2) is 4.98 Å². The van der Waals surface area contributed by atoms with Crippen molar-refractivity contribution in [3.05, 3.63) is 36.4 Å². The lowest BCUT2D eigenvalue weighted by molar-refractivity contribution is 0.0216. The standard InChI is InChI=1S/C18H21N3O2/c1-3-12-10-23-16-9-19-15(8-14(12)16)18(22)20-17-11(2)21-6-4-13(17)5-7-21/h3,8-11,13,17H,1,4-7H2,2H3,(H,20,22)/t11-,17-/m0/s1. The summed E-state index contributed by atoms with van der Waals surface area (Å²) < 4.78 is 5.41. The molecule has 0 aromatic carbocycles. The number of aromatic nitrogens is 1. The molecule has 1 amide bonds. The van der Waals surface area contributed by atoms with Crippen LogP contribution in [0.15, 0.2) is 29.5 Å². The van der Waals surface area contributed by atoms with E-state index in [0.29, 0.717) is 23.2 Å². The Kier molecular flexibility index (Phi) is 3.45. The summed E-state index contributed by atoms with van der Waals surface area (Å²) in [7, 11) is 0. The number of piperidine rings is 3. The van der Waals surface area contributed by atoms with Crippen LogP contribution < -0.4 is 5.32 Å². The molecule has 5 heterocycles. The molecule has 3 fully saturated rings. The zero-order valence-electron chi connectivity index (χ0n) is 13.3. The first kappa shape index (κ1) is 14.5. The fourth-order valence-corrected chi connectivity index (χ4v) is 4.01. The van der Waals surface area contributed by atoms with Crippen LogP contribution in [0.25, 0.3) is 17.0 Å². The maximum atomic E-state index is 12.7. The number of pyridine rings is 1. The van der Waals surface area contributed by atoms with E-state index >= 15 is 0 Å². The topological polar surface area (TPSA) is 58.4 Å². The molecule has 2 atom stereocenters. The minimum Gasteiger partial charge on any atom is -0.462 e. The summed E-state index contributed by atoms with van der Waals surface area (Å²) in [6.07, 6.45) is 7.31. The van der Waals surface area contributed by atoms with Crippen LogP contribution in [0.4, 0.5) is 0 Å². The fraction of sp³-hybridized carbons (Fsp3) is 0.444. The van der Waals surface area contributed by atoms with Crippen molar-refractivity contribution in [2.75, 3.05) is 13.1 Å². The van der Waals surface area contributed by atoms with Crippen molar-refractivity contribution in [1.82, 2.24) is 15.2 Å². The number of hydrogen-bond acceptors (Lipinski definition) is 4. The molecule has 3 aliphatic heterocycles. The van der Waals surface area contributed by atoms with E-state index in [4.69, 9.17) is 4.42 Å². The predicted molar refractivity (Wildman–Crippen MR) is 89.1 cm³/mol. The number of nitrogens with zero attached hydrogens (tertiary/aromatic N) is 2. The second kappa shape index (κ2) is 5.49. The summed E-state index contributed by atoms with van der Waals surface area (Å²) in [5, 5.41) is 4.09. The Bertz CT molecular complexity index is 757. The van der Waals surface area contributed by atoms with Crippen molar-refractivity contribution in [2.45, 2.75) is 31.8 Å². The summed E-state index contributed by atoms with van der Waals surface area (Å²) in [5.41, 5.74) is 1.99. The van der Waals surface area contributed by atoms with Crippen LogP contribution in [0, 0.1) is 5.92 Å². The lowest BCUT2D eigenvalue weighted by atomic mass is 9.79. The highest BCUT2D eigenvalue weighted by molar-refractivity contribution is 5.97. The average molecular weight is 311 g/mol. The van der Waals surface area contributed by atoms with Crippen molar-refractivity contribution >= 4 is 23.0 Å². The van der Waals surface area contributed by atoms with Gasteiger partial charge in [-0.3, -0.25) is 9.69 Å². The van der Waals surface area contributed by atoms with E-state index in [9.17, 15) is 4.79 Å². The Hall–Kier alpha value is -2.14. The van der Waals surface area contributed by atoms with E-state index in [1.165, 1.54) is 12.8 Å². The predicted octanol–water partition coefficient (Wildman–Crippen LogP) is 2.68. The van der Waals surface area contributed by atoms with Gasteiger partial charge in [0.2, 0.25) is 0 Å². The molecule has 120 valence electrons. The van der Waals surface area contributed by atoms with Crippen molar-refractivity contribution in [1.29, 1.82) is 0 Å². The number of fused-ring (bicyclic) bond motifs is 4. The molecule has 0 aliphatic carbocycles. The van der Waals surface area contributed by atoms with Gasteiger partial charge in [0.1, 0.15) is 5.69 Å². The molecule has 0 spiro atoms. The van der Waals surface area contributed by atoms with Gasteiger partial charge >= 0.3 is 0 Å². The first-order chi connectivity index (χ1) is 11.2. The Morgan fingerprint density at radius 2 is 2.26 bits per heavy atom. The lowest BCUT2D eigenvalue weighted by Crippen LogP contribution is -2.62. The first-order valence-electron chi connectivity index (χ1n) is 8.22. The Morgan fingerprint density at radius 3 is 2.96 bits per heavy atom. The van der Waals surface area contributed by atoms with Gasteiger partial charge in [-0.15, -0.1) is 0 Å². The van der Waals surface area contributed by atoms with Crippen LogP contribution in [0.1, 0.15) is 35.8 Å². The zero-order valence-corrected chi connectivity index (χ0v) is 13.3. The SMILES string of the molecule is C=Cc1coc2cnc(C(=O)N[C@@H]3C4CCN(CC4)[C@H]3C)cc12. The highest BCUT2D eigenvalue weighted by Crippen LogP contribution is 2.32. The molecule has 23 heavy (non-hydrogen) atoms. The Balaban J connectivity index is 1.58. The number of furan rings is 1. The summed E-state index contributed by atoms with van der Waals surface area (Å²) >= 11 is 0. The third-order valence-electron chi connectivity index (χ3n) is 5.42. The normalized spacial score (nSPS) is 29.6. The molecule has 0 unspecified atom stereocenters. The molecule has 0 saturated carbocycles. The quantitative estimate of drug-likeness (QED) is 0.947. The lowest BCUT2D eigenvalue weighted by Gasteiger charge is -2.49. The van der Waals surface area contributed by atoms with Crippen molar-refractivity contribution in [3.63, 3.8) is 0 Å². The van der Waals surface area contributed by atoms with Crippen molar-refractivity contribution in [2.24, 2.45) is 5.92 Å².